The van der Waals surface area contributed by atoms with E-state index in [1.807, 2.05) is 6.92 Å². The van der Waals surface area contributed by atoms with E-state index in [4.69, 9.17) is 27.9 Å². The van der Waals surface area contributed by atoms with Gasteiger partial charge >= 0.3 is 0 Å². The Balaban J connectivity index is 2.18. The normalized spacial score (nSPS) is 11.0. The molecule has 0 heterocycles. The molecule has 0 fully saturated rings. The van der Waals surface area contributed by atoms with Crippen LogP contribution >= 0.6 is 23.2 Å². The Bertz CT molecular complexity index is 802. The van der Waals surface area contributed by atoms with E-state index in [0.29, 0.717) is 28.1 Å². The molecule has 0 atom stereocenters. The summed E-state index contributed by atoms with van der Waals surface area (Å²) in [5.41, 5.74) is -0.602. The molecule has 2 aromatic rings. The Morgan fingerprint density at radius 2 is 1.54 bits per heavy atom. The summed E-state index contributed by atoms with van der Waals surface area (Å²) in [5, 5.41) is 5.96. The molecule has 7 heteroatoms. The van der Waals surface area contributed by atoms with Crippen molar-refractivity contribution in [3.05, 3.63) is 52.5 Å². The summed E-state index contributed by atoms with van der Waals surface area (Å²) in [6.07, 6.45) is 0. The molecule has 0 bridgehead atoms. The highest BCUT2D eigenvalue weighted by Crippen LogP contribution is 2.32. The monoisotopic (exact) mass is 394 g/mol. The first-order valence-electron chi connectivity index (χ1n) is 8.06. The van der Waals surface area contributed by atoms with Gasteiger partial charge in [0, 0.05) is 0 Å². The topological polar surface area (TPSA) is 67.4 Å². The number of nitrogens with one attached hydrogen (secondary N) is 2. The summed E-state index contributed by atoms with van der Waals surface area (Å²) in [4.78, 5) is 25.4. The van der Waals surface area contributed by atoms with Crippen LogP contribution in [0.2, 0.25) is 10.0 Å². The van der Waals surface area contributed by atoms with Crippen LogP contribution in [-0.4, -0.2) is 18.4 Å². The molecule has 0 aliphatic carbocycles. The number of carbonyl (C=O) groups is 2. The van der Waals surface area contributed by atoms with Crippen molar-refractivity contribution in [2.45, 2.75) is 20.8 Å². The molecular formula is C19H20Cl2N2O3. The van der Waals surface area contributed by atoms with Gasteiger partial charge in [-0.2, -0.15) is 0 Å². The fourth-order valence-corrected chi connectivity index (χ4v) is 2.61. The number of carbonyl (C=O) groups excluding carboxylic acids is 2. The van der Waals surface area contributed by atoms with Gasteiger partial charge in [0.2, 0.25) is 11.8 Å². The van der Waals surface area contributed by atoms with Crippen LogP contribution in [0.1, 0.15) is 20.8 Å². The third-order valence-corrected chi connectivity index (χ3v) is 4.40. The van der Waals surface area contributed by atoms with Gasteiger partial charge in [-0.3, -0.25) is 9.59 Å². The van der Waals surface area contributed by atoms with Gasteiger partial charge in [0.25, 0.3) is 0 Å². The van der Waals surface area contributed by atoms with Crippen LogP contribution < -0.4 is 15.4 Å². The number of hydrogen-bond donors (Lipinski definition) is 2. The van der Waals surface area contributed by atoms with Crippen LogP contribution in [0, 0.1) is 5.41 Å². The Morgan fingerprint density at radius 3 is 2.15 bits per heavy atom. The molecule has 0 aromatic heterocycles. The maximum absolute atomic E-state index is 12.7. The lowest BCUT2D eigenvalue weighted by molar-refractivity contribution is -0.135. The van der Waals surface area contributed by atoms with E-state index in [0.717, 1.165) is 0 Å². The van der Waals surface area contributed by atoms with Gasteiger partial charge in [-0.25, -0.2) is 0 Å². The molecule has 0 aliphatic rings. The average molecular weight is 395 g/mol. The highest BCUT2D eigenvalue weighted by molar-refractivity contribution is 6.40. The van der Waals surface area contributed by atoms with Crippen molar-refractivity contribution >= 4 is 46.4 Å². The van der Waals surface area contributed by atoms with Crippen LogP contribution in [0.5, 0.6) is 5.75 Å². The minimum absolute atomic E-state index is 0.274. The number of halogens is 2. The van der Waals surface area contributed by atoms with Crippen LogP contribution in [0.3, 0.4) is 0 Å². The average Bonchev–Trinajstić information content (AvgIpc) is 2.60. The second kappa shape index (κ2) is 8.43. The SMILES string of the molecule is CCOc1ccccc1NC(=O)C(C)(C)C(=O)Nc1c(Cl)cccc1Cl. The Labute approximate surface area is 162 Å². The number of para-hydroxylation sites is 3. The lowest BCUT2D eigenvalue weighted by atomic mass is 9.90. The fraction of sp³-hybridized carbons (Fsp3) is 0.263. The lowest BCUT2D eigenvalue weighted by Crippen LogP contribution is -2.41. The largest absolute Gasteiger partial charge is 0.492 e. The summed E-state index contributed by atoms with van der Waals surface area (Å²) >= 11 is 12.1. The molecule has 0 radical (unpaired) electrons. The number of benzene rings is 2. The molecule has 2 rings (SSSR count). The third kappa shape index (κ3) is 4.48. The number of hydrogen-bond acceptors (Lipinski definition) is 3. The summed E-state index contributed by atoms with van der Waals surface area (Å²) in [6, 6.07) is 11.9. The maximum Gasteiger partial charge on any atom is 0.239 e. The quantitative estimate of drug-likeness (QED) is 0.677. The van der Waals surface area contributed by atoms with Crippen molar-refractivity contribution in [2.75, 3.05) is 17.2 Å². The van der Waals surface area contributed by atoms with Crippen molar-refractivity contribution in [2.24, 2.45) is 5.41 Å². The molecule has 2 N–H and O–H groups in total. The van der Waals surface area contributed by atoms with Crippen molar-refractivity contribution in [1.82, 2.24) is 0 Å². The first-order valence-corrected chi connectivity index (χ1v) is 8.81. The first kappa shape index (κ1) is 20.1. The van der Waals surface area contributed by atoms with Gasteiger partial charge < -0.3 is 15.4 Å². The summed E-state index contributed by atoms with van der Waals surface area (Å²) in [5.74, 6) is -0.474. The van der Waals surface area contributed by atoms with Crippen LogP contribution in [-0.2, 0) is 9.59 Å². The van der Waals surface area contributed by atoms with E-state index in [-0.39, 0.29) is 5.69 Å². The highest BCUT2D eigenvalue weighted by atomic mass is 35.5. The smallest absolute Gasteiger partial charge is 0.239 e. The van der Waals surface area contributed by atoms with E-state index in [2.05, 4.69) is 10.6 Å². The Kier molecular flexibility index (Phi) is 6.51. The van der Waals surface area contributed by atoms with E-state index in [1.54, 1.807) is 42.5 Å². The predicted octanol–water partition coefficient (Wildman–Crippen LogP) is 5.00. The van der Waals surface area contributed by atoms with Gasteiger partial charge in [-0.05, 0) is 45.0 Å². The van der Waals surface area contributed by atoms with Crippen LogP contribution in [0.25, 0.3) is 0 Å². The van der Waals surface area contributed by atoms with Gasteiger partial charge in [0.05, 0.1) is 28.0 Å². The summed E-state index contributed by atoms with van der Waals surface area (Å²) in [6.45, 7) is 5.35. The van der Waals surface area contributed by atoms with E-state index in [1.165, 1.54) is 13.8 Å². The molecule has 0 saturated carbocycles. The van der Waals surface area contributed by atoms with Crippen molar-refractivity contribution in [3.8, 4) is 5.75 Å². The number of rotatable bonds is 6. The molecule has 0 aliphatic heterocycles. The van der Waals surface area contributed by atoms with Crippen molar-refractivity contribution < 1.29 is 14.3 Å². The highest BCUT2D eigenvalue weighted by Gasteiger charge is 2.37. The molecule has 138 valence electrons. The van der Waals surface area contributed by atoms with Gasteiger partial charge in [-0.1, -0.05) is 41.4 Å². The van der Waals surface area contributed by atoms with Gasteiger partial charge in [-0.15, -0.1) is 0 Å². The second-order valence-electron chi connectivity index (χ2n) is 6.06. The maximum atomic E-state index is 12.7. The van der Waals surface area contributed by atoms with Crippen LogP contribution in [0.4, 0.5) is 11.4 Å². The number of ether oxygens (including phenoxy) is 1. The molecule has 0 spiro atoms. The minimum Gasteiger partial charge on any atom is -0.492 e. The zero-order chi connectivity index (χ0) is 19.3. The Hall–Kier alpha value is -2.24. The zero-order valence-corrected chi connectivity index (χ0v) is 16.2. The molecule has 0 saturated heterocycles. The second-order valence-corrected chi connectivity index (χ2v) is 6.87. The molecule has 26 heavy (non-hydrogen) atoms. The van der Waals surface area contributed by atoms with Gasteiger partial charge in [0.1, 0.15) is 11.2 Å². The third-order valence-electron chi connectivity index (χ3n) is 3.77. The van der Waals surface area contributed by atoms with E-state index < -0.39 is 17.2 Å². The van der Waals surface area contributed by atoms with Gasteiger partial charge in [0.15, 0.2) is 0 Å². The van der Waals surface area contributed by atoms with E-state index >= 15 is 0 Å². The molecule has 2 aromatic carbocycles. The van der Waals surface area contributed by atoms with Crippen molar-refractivity contribution in [3.63, 3.8) is 0 Å². The lowest BCUT2D eigenvalue weighted by Gasteiger charge is -2.24. The first-order chi connectivity index (χ1) is 12.3. The number of amides is 2. The Morgan fingerprint density at radius 1 is 0.962 bits per heavy atom. The van der Waals surface area contributed by atoms with E-state index in [9.17, 15) is 9.59 Å². The molecular weight excluding hydrogens is 375 g/mol. The standard InChI is InChI=1S/C19H20Cl2N2O3/c1-4-26-15-11-6-5-10-14(15)22-17(24)19(2,3)18(25)23-16-12(20)8-7-9-13(16)21/h5-11H,4H2,1-3H3,(H,22,24)(H,23,25). The molecule has 5 nitrogen and oxygen atoms in total. The predicted molar refractivity (Wildman–Crippen MR) is 105 cm³/mol. The minimum atomic E-state index is -1.37. The number of anilines is 2. The summed E-state index contributed by atoms with van der Waals surface area (Å²) in [7, 11) is 0. The van der Waals surface area contributed by atoms with Crippen LogP contribution in [0.15, 0.2) is 42.5 Å². The molecule has 0 unspecified atom stereocenters. The summed E-state index contributed by atoms with van der Waals surface area (Å²) < 4.78 is 5.49. The van der Waals surface area contributed by atoms with Crippen molar-refractivity contribution in [1.29, 1.82) is 0 Å². The molecule has 2 amide bonds. The fourth-order valence-electron chi connectivity index (χ4n) is 2.12. The zero-order valence-electron chi connectivity index (χ0n) is 14.7.